The van der Waals surface area contributed by atoms with E-state index in [0.717, 1.165) is 17.6 Å². The van der Waals surface area contributed by atoms with Crippen LogP contribution in [0.2, 0.25) is 0 Å². The van der Waals surface area contributed by atoms with Crippen LogP contribution in [0.15, 0.2) is 37.0 Å². The van der Waals surface area contributed by atoms with Gasteiger partial charge in [-0.2, -0.15) is 0 Å². The highest BCUT2D eigenvalue weighted by Gasteiger charge is 2.20. The summed E-state index contributed by atoms with van der Waals surface area (Å²) in [7, 11) is 0. The molecule has 0 saturated carbocycles. The maximum Gasteiger partial charge on any atom is 0.128 e. The molecule has 1 aromatic heterocycles. The van der Waals surface area contributed by atoms with Gasteiger partial charge in [-0.25, -0.2) is 9.82 Å². The van der Waals surface area contributed by atoms with Gasteiger partial charge in [0.25, 0.3) is 0 Å². The first-order valence-electron chi connectivity index (χ1n) is 4.88. The maximum atomic E-state index is 13.9. The van der Waals surface area contributed by atoms with Gasteiger partial charge in [0.05, 0.1) is 9.83 Å². The lowest BCUT2D eigenvalue weighted by Gasteiger charge is -2.15. The number of thiophene rings is 1. The van der Waals surface area contributed by atoms with Crippen LogP contribution in [0.4, 0.5) is 4.39 Å². The topological polar surface area (TPSA) is 38.0 Å². The van der Waals surface area contributed by atoms with Crippen molar-refractivity contribution in [3.63, 3.8) is 0 Å². The van der Waals surface area contributed by atoms with Crippen LogP contribution in [-0.2, 0) is 0 Å². The number of nitrogens with two attached hydrogens (primary N) is 1. The Morgan fingerprint density at radius 1 is 1.22 bits per heavy atom. The van der Waals surface area contributed by atoms with E-state index in [9.17, 15) is 4.39 Å². The predicted octanol–water partition coefficient (Wildman–Crippen LogP) is 4.73. The van der Waals surface area contributed by atoms with Gasteiger partial charge >= 0.3 is 0 Å². The van der Waals surface area contributed by atoms with E-state index in [1.807, 2.05) is 6.07 Å². The molecule has 1 unspecified atom stereocenters. The van der Waals surface area contributed by atoms with Crippen LogP contribution in [-0.4, -0.2) is 0 Å². The second-order valence-electron chi connectivity index (χ2n) is 3.54. The van der Waals surface area contributed by atoms with Gasteiger partial charge in [0, 0.05) is 19.4 Å². The highest BCUT2D eigenvalue weighted by Crippen LogP contribution is 2.38. The van der Waals surface area contributed by atoms with Gasteiger partial charge in [0.15, 0.2) is 0 Å². The third-order valence-electron chi connectivity index (χ3n) is 2.38. The first-order chi connectivity index (χ1) is 8.52. The van der Waals surface area contributed by atoms with Crippen molar-refractivity contribution in [1.82, 2.24) is 5.43 Å². The highest BCUT2D eigenvalue weighted by atomic mass is 79.9. The first-order valence-corrected chi connectivity index (χ1v) is 8.08. The molecular formula is C11H8Br3FN2S. The van der Waals surface area contributed by atoms with E-state index in [1.165, 1.54) is 17.4 Å². The third kappa shape index (κ3) is 3.02. The van der Waals surface area contributed by atoms with Crippen molar-refractivity contribution in [1.29, 1.82) is 0 Å². The summed E-state index contributed by atoms with van der Waals surface area (Å²) in [4.78, 5) is 0.924. The Morgan fingerprint density at radius 2 is 1.94 bits per heavy atom. The average Bonchev–Trinajstić information content (AvgIpc) is 2.65. The smallest absolute Gasteiger partial charge is 0.128 e. The molecule has 0 radical (unpaired) electrons. The molecule has 0 aliphatic carbocycles. The maximum absolute atomic E-state index is 13.9. The number of hydrazine groups is 1. The lowest BCUT2D eigenvalue weighted by atomic mass is 10.1. The molecule has 1 atom stereocenters. The van der Waals surface area contributed by atoms with Crippen LogP contribution in [0.25, 0.3) is 0 Å². The first kappa shape index (κ1) is 14.6. The van der Waals surface area contributed by atoms with Crippen molar-refractivity contribution in [3.05, 3.63) is 53.3 Å². The van der Waals surface area contributed by atoms with Gasteiger partial charge in [-0.3, -0.25) is 5.84 Å². The van der Waals surface area contributed by atoms with E-state index < -0.39 is 0 Å². The number of rotatable bonds is 3. The van der Waals surface area contributed by atoms with E-state index in [4.69, 9.17) is 5.84 Å². The van der Waals surface area contributed by atoms with E-state index in [0.29, 0.717) is 5.56 Å². The number of hydrogen-bond acceptors (Lipinski definition) is 3. The van der Waals surface area contributed by atoms with E-state index >= 15 is 0 Å². The molecule has 0 aliphatic heterocycles. The summed E-state index contributed by atoms with van der Waals surface area (Å²) in [6, 6.07) is 6.34. The molecule has 3 N–H and O–H groups in total. The second-order valence-corrected chi connectivity index (χ2v) is 7.71. The Labute approximate surface area is 133 Å². The molecule has 0 amide bonds. The molecule has 96 valence electrons. The quantitative estimate of drug-likeness (QED) is 0.515. The summed E-state index contributed by atoms with van der Waals surface area (Å²) >= 11 is 11.7. The SMILES string of the molecule is NNC(c1cc(Br)c(Br)s1)c1cc(Br)ccc1F. The number of nitrogens with one attached hydrogen (secondary N) is 1. The minimum atomic E-state index is -0.380. The molecule has 1 heterocycles. The molecule has 2 nitrogen and oxygen atoms in total. The van der Waals surface area contributed by atoms with E-state index in [2.05, 4.69) is 53.2 Å². The zero-order chi connectivity index (χ0) is 13.3. The third-order valence-corrected chi connectivity index (χ3v) is 6.20. The molecule has 0 aliphatic rings. The van der Waals surface area contributed by atoms with Crippen LogP contribution in [0.5, 0.6) is 0 Å². The Bertz CT molecular complexity index is 554. The number of benzene rings is 1. The van der Waals surface area contributed by atoms with Crippen LogP contribution < -0.4 is 11.3 Å². The molecule has 1 aromatic carbocycles. The lowest BCUT2D eigenvalue weighted by Crippen LogP contribution is -2.28. The van der Waals surface area contributed by atoms with Crippen molar-refractivity contribution in [2.24, 2.45) is 5.84 Å². The standard InChI is InChI=1S/C11H8Br3FN2S/c12-5-1-2-8(15)6(3-5)10(17-16)9-4-7(13)11(14)18-9/h1-4,10,17H,16H2. The zero-order valence-corrected chi connectivity index (χ0v) is 14.5. The summed E-state index contributed by atoms with van der Waals surface area (Å²) in [5.41, 5.74) is 3.16. The largest absolute Gasteiger partial charge is 0.271 e. The van der Waals surface area contributed by atoms with E-state index in [1.54, 1.807) is 12.1 Å². The number of halogens is 4. The van der Waals surface area contributed by atoms with Gasteiger partial charge in [-0.05, 0) is 56.1 Å². The van der Waals surface area contributed by atoms with Crippen molar-refractivity contribution < 1.29 is 4.39 Å². The summed E-state index contributed by atoms with van der Waals surface area (Å²) < 4.78 is 16.6. The van der Waals surface area contributed by atoms with Crippen LogP contribution in [0.1, 0.15) is 16.5 Å². The van der Waals surface area contributed by atoms with Crippen molar-refractivity contribution >= 4 is 59.1 Å². The minimum absolute atomic E-state index is 0.290. The van der Waals surface area contributed by atoms with Crippen LogP contribution in [0, 0.1) is 5.82 Å². The average molecular weight is 459 g/mol. The Hall–Kier alpha value is 0.210. The van der Waals surface area contributed by atoms with Crippen molar-refractivity contribution in [2.45, 2.75) is 6.04 Å². The summed E-state index contributed by atoms with van der Waals surface area (Å²) in [5.74, 6) is 5.27. The Morgan fingerprint density at radius 3 is 2.50 bits per heavy atom. The summed E-state index contributed by atoms with van der Waals surface area (Å²) in [6.07, 6.45) is 0. The fraction of sp³-hybridized carbons (Fsp3) is 0.0909. The van der Waals surface area contributed by atoms with Gasteiger partial charge < -0.3 is 0 Å². The van der Waals surface area contributed by atoms with Gasteiger partial charge in [-0.15, -0.1) is 11.3 Å². The summed E-state index contributed by atoms with van der Waals surface area (Å²) in [6.45, 7) is 0. The van der Waals surface area contributed by atoms with Gasteiger partial charge in [0.1, 0.15) is 5.82 Å². The van der Waals surface area contributed by atoms with Crippen LogP contribution >= 0.6 is 59.1 Å². The second kappa shape index (κ2) is 6.11. The molecule has 0 saturated heterocycles. The Kier molecular flexibility index (Phi) is 4.96. The van der Waals surface area contributed by atoms with Crippen LogP contribution in [0.3, 0.4) is 0 Å². The zero-order valence-electron chi connectivity index (χ0n) is 8.88. The lowest BCUT2D eigenvalue weighted by molar-refractivity contribution is 0.564. The monoisotopic (exact) mass is 456 g/mol. The highest BCUT2D eigenvalue weighted by molar-refractivity contribution is 9.13. The molecule has 0 spiro atoms. The molecule has 0 fully saturated rings. The predicted molar refractivity (Wildman–Crippen MR) is 83.0 cm³/mol. The molecule has 2 rings (SSSR count). The molecule has 18 heavy (non-hydrogen) atoms. The van der Waals surface area contributed by atoms with Gasteiger partial charge in [-0.1, -0.05) is 15.9 Å². The fourth-order valence-electron chi connectivity index (χ4n) is 1.57. The molecule has 2 aromatic rings. The van der Waals surface area contributed by atoms with Crippen molar-refractivity contribution in [2.75, 3.05) is 0 Å². The van der Waals surface area contributed by atoms with E-state index in [-0.39, 0.29) is 11.9 Å². The Balaban J connectivity index is 2.48. The molecule has 7 heteroatoms. The fourth-order valence-corrected chi connectivity index (χ4v) is 4.11. The minimum Gasteiger partial charge on any atom is -0.271 e. The molecule has 0 bridgehead atoms. The van der Waals surface area contributed by atoms with Gasteiger partial charge in [0.2, 0.25) is 0 Å². The normalized spacial score (nSPS) is 12.7. The van der Waals surface area contributed by atoms with Crippen molar-refractivity contribution in [3.8, 4) is 0 Å². The molecular weight excluding hydrogens is 451 g/mol. The summed E-state index contributed by atoms with van der Waals surface area (Å²) in [5, 5.41) is 0. The number of hydrogen-bond donors (Lipinski definition) is 2.